The first-order chi connectivity index (χ1) is 12.2. The summed E-state index contributed by atoms with van der Waals surface area (Å²) < 4.78 is 5.50. The molecule has 2 N–H and O–H groups in total. The highest BCUT2D eigenvalue weighted by Gasteiger charge is 2.21. The van der Waals surface area contributed by atoms with Crippen LogP contribution < -0.4 is 10.2 Å². The van der Waals surface area contributed by atoms with E-state index in [2.05, 4.69) is 31.2 Å². The van der Waals surface area contributed by atoms with Crippen LogP contribution in [0, 0.1) is 6.92 Å². The second-order valence-corrected chi connectivity index (χ2v) is 7.16. The third-order valence-corrected chi connectivity index (χ3v) is 5.38. The van der Waals surface area contributed by atoms with Crippen molar-refractivity contribution in [1.29, 1.82) is 0 Å². The molecule has 8 heteroatoms. The summed E-state index contributed by atoms with van der Waals surface area (Å²) in [4.78, 5) is 17.0. The molecule has 1 fully saturated rings. The molecule has 25 heavy (non-hydrogen) atoms. The molecule has 3 rings (SSSR count). The highest BCUT2D eigenvalue weighted by atomic mass is 32.1. The predicted molar refractivity (Wildman–Crippen MR) is 99.6 cm³/mol. The van der Waals surface area contributed by atoms with Gasteiger partial charge in [-0.05, 0) is 13.3 Å². The van der Waals surface area contributed by atoms with Crippen LogP contribution in [0.2, 0.25) is 0 Å². The normalized spacial score (nSPS) is 17.0. The van der Waals surface area contributed by atoms with E-state index in [-0.39, 0.29) is 6.61 Å². The van der Waals surface area contributed by atoms with Gasteiger partial charge < -0.3 is 20.1 Å². The van der Waals surface area contributed by atoms with Gasteiger partial charge in [0.05, 0.1) is 30.1 Å². The van der Waals surface area contributed by atoms with E-state index in [1.807, 2.05) is 19.5 Å². The molecule has 136 valence electrons. The minimum absolute atomic E-state index is 0.0515. The van der Waals surface area contributed by atoms with Crippen LogP contribution in [0.3, 0.4) is 0 Å². The number of hydrogen-bond acceptors (Lipinski definition) is 8. The molecule has 1 saturated heterocycles. The molecule has 1 aliphatic heterocycles. The second-order valence-electron chi connectivity index (χ2n) is 6.22. The summed E-state index contributed by atoms with van der Waals surface area (Å²) >= 11 is 1.70. The van der Waals surface area contributed by atoms with Crippen LogP contribution in [0.15, 0.2) is 11.6 Å². The molecule has 0 saturated carbocycles. The second kappa shape index (κ2) is 8.55. The molecule has 2 aromatic heterocycles. The van der Waals surface area contributed by atoms with Crippen molar-refractivity contribution < 1.29 is 9.84 Å². The minimum atomic E-state index is 0.0515. The number of thiazole rings is 1. The number of hydrogen-bond donors (Lipinski definition) is 2. The topological polar surface area (TPSA) is 83.4 Å². The Morgan fingerprint density at radius 1 is 1.44 bits per heavy atom. The molecule has 0 amide bonds. The average molecular weight is 363 g/mol. The van der Waals surface area contributed by atoms with Gasteiger partial charge in [0.1, 0.15) is 5.82 Å². The molecule has 2 aromatic rings. The molecular weight excluding hydrogens is 338 g/mol. The van der Waals surface area contributed by atoms with Gasteiger partial charge in [-0.15, -0.1) is 11.3 Å². The van der Waals surface area contributed by atoms with Gasteiger partial charge in [-0.2, -0.15) is 4.98 Å². The van der Waals surface area contributed by atoms with Crippen molar-refractivity contribution in [1.82, 2.24) is 15.0 Å². The molecule has 0 spiro atoms. The van der Waals surface area contributed by atoms with Crippen molar-refractivity contribution in [2.45, 2.75) is 25.7 Å². The summed E-state index contributed by atoms with van der Waals surface area (Å²) in [6.45, 7) is 4.89. The van der Waals surface area contributed by atoms with E-state index in [0.717, 1.165) is 43.2 Å². The van der Waals surface area contributed by atoms with Crippen molar-refractivity contribution in [2.24, 2.45) is 0 Å². The van der Waals surface area contributed by atoms with E-state index in [1.54, 1.807) is 11.3 Å². The quantitative estimate of drug-likeness (QED) is 0.740. The van der Waals surface area contributed by atoms with Crippen LogP contribution in [0.1, 0.15) is 28.6 Å². The van der Waals surface area contributed by atoms with Crippen molar-refractivity contribution in [3.05, 3.63) is 27.8 Å². The van der Waals surface area contributed by atoms with Crippen molar-refractivity contribution >= 4 is 23.1 Å². The number of nitrogens with one attached hydrogen (secondary N) is 1. The maximum absolute atomic E-state index is 9.05. The van der Waals surface area contributed by atoms with Crippen molar-refractivity contribution in [3.63, 3.8) is 0 Å². The van der Waals surface area contributed by atoms with Gasteiger partial charge in [-0.1, -0.05) is 0 Å². The Morgan fingerprint density at radius 3 is 3.00 bits per heavy atom. The molecule has 0 bridgehead atoms. The first-order valence-corrected chi connectivity index (χ1v) is 9.47. The Morgan fingerprint density at radius 2 is 2.32 bits per heavy atom. The first-order valence-electron chi connectivity index (χ1n) is 8.59. The summed E-state index contributed by atoms with van der Waals surface area (Å²) in [6, 6.07) is 2.06. The highest BCUT2D eigenvalue weighted by Crippen LogP contribution is 2.27. The first kappa shape index (κ1) is 18.0. The lowest BCUT2D eigenvalue weighted by Gasteiger charge is -2.20. The summed E-state index contributed by atoms with van der Waals surface area (Å²) in [7, 11) is 2.05. The number of ether oxygens (including phenoxy) is 1. The lowest BCUT2D eigenvalue weighted by molar-refractivity contribution is 0.193. The van der Waals surface area contributed by atoms with E-state index < -0.39 is 0 Å². The largest absolute Gasteiger partial charge is 0.395 e. The smallest absolute Gasteiger partial charge is 0.224 e. The number of rotatable bonds is 8. The Bertz CT molecular complexity index is 687. The van der Waals surface area contributed by atoms with Crippen LogP contribution in [0.4, 0.5) is 11.8 Å². The van der Waals surface area contributed by atoms with Crippen molar-refractivity contribution in [3.8, 4) is 0 Å². The number of nitrogens with zero attached hydrogens (tertiary/aromatic N) is 4. The molecule has 0 aliphatic carbocycles. The Balaban J connectivity index is 1.75. The van der Waals surface area contributed by atoms with E-state index in [1.165, 1.54) is 4.88 Å². The zero-order chi connectivity index (χ0) is 17.6. The van der Waals surface area contributed by atoms with Gasteiger partial charge >= 0.3 is 0 Å². The lowest BCUT2D eigenvalue weighted by Crippen LogP contribution is -2.23. The van der Waals surface area contributed by atoms with Gasteiger partial charge in [0.25, 0.3) is 0 Å². The number of aliphatic hydroxyl groups is 1. The molecule has 3 heterocycles. The van der Waals surface area contributed by atoms with Gasteiger partial charge in [-0.3, -0.25) is 0 Å². The lowest BCUT2D eigenvalue weighted by atomic mass is 10.0. The summed E-state index contributed by atoms with van der Waals surface area (Å²) in [5.41, 5.74) is 4.00. The molecular formula is C17H25N5O2S. The van der Waals surface area contributed by atoms with Gasteiger partial charge in [0.2, 0.25) is 5.95 Å². The summed E-state index contributed by atoms with van der Waals surface area (Å²) in [5, 5.41) is 12.1. The molecule has 1 unspecified atom stereocenters. The third kappa shape index (κ3) is 4.65. The zero-order valence-electron chi connectivity index (χ0n) is 14.7. The predicted octanol–water partition coefficient (Wildman–Crippen LogP) is 1.83. The molecule has 7 nitrogen and oxygen atoms in total. The number of aryl methyl sites for hydroxylation is 1. The number of likely N-dealkylation sites (N-methyl/N-ethyl adjacent to an activating group) is 1. The van der Waals surface area contributed by atoms with Crippen LogP contribution in [0.25, 0.3) is 0 Å². The van der Waals surface area contributed by atoms with Crippen LogP contribution in [-0.2, 0) is 11.2 Å². The monoisotopic (exact) mass is 363 g/mol. The number of aromatic nitrogens is 3. The maximum Gasteiger partial charge on any atom is 0.224 e. The Hall–Kier alpha value is -1.77. The fourth-order valence-corrected chi connectivity index (χ4v) is 3.59. The maximum atomic E-state index is 9.05. The Labute approximate surface area is 152 Å². The average Bonchev–Trinajstić information content (AvgIpc) is 3.29. The summed E-state index contributed by atoms with van der Waals surface area (Å²) in [6.07, 6.45) is 1.93. The SMILES string of the molecule is Cc1ncsc1CCN(C)c1cc(C2CCOC2)nc(NCCO)n1. The highest BCUT2D eigenvalue weighted by molar-refractivity contribution is 7.09. The molecule has 0 aromatic carbocycles. The van der Waals surface area contributed by atoms with Crippen LogP contribution in [0.5, 0.6) is 0 Å². The molecule has 1 aliphatic rings. The Kier molecular flexibility index (Phi) is 6.17. The van der Waals surface area contributed by atoms with Gasteiger partial charge in [0, 0.05) is 50.0 Å². The number of anilines is 2. The van der Waals surface area contributed by atoms with E-state index >= 15 is 0 Å². The zero-order valence-corrected chi connectivity index (χ0v) is 15.6. The van der Waals surface area contributed by atoms with Crippen molar-refractivity contribution in [2.75, 3.05) is 50.2 Å². The minimum Gasteiger partial charge on any atom is -0.395 e. The van der Waals surface area contributed by atoms with Crippen LogP contribution >= 0.6 is 11.3 Å². The standard InChI is InChI=1S/C17H25N5O2S/c1-12-15(25-11-19-12)3-6-22(2)16-9-14(13-4-8-24-10-13)20-17(21-16)18-5-7-23/h9,11,13,23H,3-8,10H2,1-2H3,(H,18,20,21). The van der Waals surface area contributed by atoms with E-state index in [0.29, 0.717) is 25.0 Å². The fourth-order valence-electron chi connectivity index (χ4n) is 2.82. The van der Waals surface area contributed by atoms with Gasteiger partial charge in [-0.25, -0.2) is 9.97 Å². The molecule has 1 atom stereocenters. The van der Waals surface area contributed by atoms with Gasteiger partial charge in [0.15, 0.2) is 0 Å². The fraction of sp³-hybridized carbons (Fsp3) is 0.588. The summed E-state index contributed by atoms with van der Waals surface area (Å²) in [5.74, 6) is 1.77. The van der Waals surface area contributed by atoms with Crippen LogP contribution in [-0.4, -0.2) is 60.0 Å². The van der Waals surface area contributed by atoms with E-state index in [9.17, 15) is 0 Å². The number of aliphatic hydroxyl groups excluding tert-OH is 1. The molecule has 0 radical (unpaired) electrons. The third-order valence-electron chi connectivity index (χ3n) is 4.39. The van der Waals surface area contributed by atoms with E-state index in [4.69, 9.17) is 9.84 Å².